The summed E-state index contributed by atoms with van der Waals surface area (Å²) in [5, 5.41) is 3.57. The number of nitrogens with one attached hydrogen (secondary N) is 1. The zero-order chi connectivity index (χ0) is 13.1. The first-order valence-electron chi connectivity index (χ1n) is 6.88. The molecule has 1 aliphatic rings. The van der Waals surface area contributed by atoms with Gasteiger partial charge in [0.25, 0.3) is 0 Å². The van der Waals surface area contributed by atoms with Gasteiger partial charge in [0, 0.05) is 18.8 Å². The van der Waals surface area contributed by atoms with Gasteiger partial charge in [-0.15, -0.1) is 0 Å². The molecule has 0 amide bonds. The molecule has 1 heterocycles. The van der Waals surface area contributed by atoms with Crippen LogP contribution in [-0.4, -0.2) is 16.0 Å². The Labute approximate surface area is 114 Å². The molecule has 1 aromatic carbocycles. The third-order valence-electron chi connectivity index (χ3n) is 3.81. The maximum atomic E-state index is 4.41. The predicted molar refractivity (Wildman–Crippen MR) is 75.8 cm³/mol. The maximum Gasteiger partial charge on any atom is 0.125 e. The zero-order valence-corrected chi connectivity index (χ0v) is 11.2. The fourth-order valence-corrected chi connectivity index (χ4v) is 2.63. The van der Waals surface area contributed by atoms with Gasteiger partial charge in [-0.1, -0.05) is 30.3 Å². The summed E-state index contributed by atoms with van der Waals surface area (Å²) in [6.45, 7) is 2.77. The fraction of sp³-hybridized carbons (Fsp3) is 0.375. The van der Waals surface area contributed by atoms with Crippen LogP contribution in [0.4, 0.5) is 0 Å². The molecular weight excluding hydrogens is 234 g/mol. The Balaban J connectivity index is 1.47. The number of hydrogen-bond donors (Lipinski definition) is 1. The highest BCUT2D eigenvalue weighted by atomic mass is 15.0. The molecule has 98 valence electrons. The lowest BCUT2D eigenvalue weighted by molar-refractivity contribution is 0.288. The lowest BCUT2D eigenvalue weighted by Gasteiger charge is -2.36. The fourth-order valence-electron chi connectivity index (χ4n) is 2.63. The van der Waals surface area contributed by atoms with Crippen LogP contribution in [0.3, 0.4) is 0 Å². The third-order valence-corrected chi connectivity index (χ3v) is 3.81. The Morgan fingerprint density at radius 2 is 1.95 bits per heavy atom. The van der Waals surface area contributed by atoms with E-state index in [0.29, 0.717) is 6.04 Å². The SMILES string of the molecule is Cc1nccc(CNC2CC(c3ccccc3)C2)n1. The van der Waals surface area contributed by atoms with Crippen LogP contribution in [0.15, 0.2) is 42.6 Å². The molecule has 19 heavy (non-hydrogen) atoms. The third kappa shape index (κ3) is 2.99. The highest BCUT2D eigenvalue weighted by molar-refractivity contribution is 5.22. The van der Waals surface area contributed by atoms with Crippen molar-refractivity contribution in [2.24, 2.45) is 0 Å². The average Bonchev–Trinajstić information content (AvgIpc) is 2.38. The Morgan fingerprint density at radius 3 is 2.68 bits per heavy atom. The largest absolute Gasteiger partial charge is 0.308 e. The second-order valence-electron chi connectivity index (χ2n) is 5.25. The summed E-state index contributed by atoms with van der Waals surface area (Å²) in [6.07, 6.45) is 4.29. The molecule has 2 aromatic rings. The number of aromatic nitrogens is 2. The Hall–Kier alpha value is -1.74. The molecule has 0 aliphatic heterocycles. The Bertz CT molecular complexity index is 533. The zero-order valence-electron chi connectivity index (χ0n) is 11.2. The number of rotatable bonds is 4. The standard InChI is InChI=1S/C16H19N3/c1-12-17-8-7-15(19-12)11-18-16-9-14(10-16)13-5-3-2-4-6-13/h2-8,14,16,18H,9-11H2,1H3. The molecule has 1 saturated carbocycles. The predicted octanol–water partition coefficient (Wildman–Crippen LogP) is 2.82. The van der Waals surface area contributed by atoms with Crippen molar-refractivity contribution in [1.29, 1.82) is 0 Å². The quantitative estimate of drug-likeness (QED) is 0.910. The molecule has 3 nitrogen and oxygen atoms in total. The molecule has 1 N–H and O–H groups in total. The van der Waals surface area contributed by atoms with Crippen LogP contribution in [0, 0.1) is 6.92 Å². The van der Waals surface area contributed by atoms with Crippen LogP contribution >= 0.6 is 0 Å². The summed E-state index contributed by atoms with van der Waals surface area (Å²) in [6, 6.07) is 13.4. The van der Waals surface area contributed by atoms with Crippen molar-refractivity contribution in [3.8, 4) is 0 Å². The maximum absolute atomic E-state index is 4.41. The second kappa shape index (κ2) is 5.49. The molecule has 0 bridgehead atoms. The van der Waals surface area contributed by atoms with Crippen molar-refractivity contribution in [2.45, 2.75) is 38.3 Å². The number of nitrogens with zero attached hydrogens (tertiary/aromatic N) is 2. The van der Waals surface area contributed by atoms with E-state index in [4.69, 9.17) is 0 Å². The van der Waals surface area contributed by atoms with E-state index < -0.39 is 0 Å². The highest BCUT2D eigenvalue weighted by Crippen LogP contribution is 2.36. The Morgan fingerprint density at radius 1 is 1.16 bits per heavy atom. The van der Waals surface area contributed by atoms with Crippen LogP contribution in [0.2, 0.25) is 0 Å². The highest BCUT2D eigenvalue weighted by Gasteiger charge is 2.29. The number of aryl methyl sites for hydroxylation is 1. The van der Waals surface area contributed by atoms with Crippen molar-refractivity contribution < 1.29 is 0 Å². The van der Waals surface area contributed by atoms with Gasteiger partial charge < -0.3 is 5.32 Å². The molecule has 0 atom stereocenters. The van der Waals surface area contributed by atoms with E-state index in [0.717, 1.165) is 24.0 Å². The number of benzene rings is 1. The van der Waals surface area contributed by atoms with Crippen molar-refractivity contribution in [3.63, 3.8) is 0 Å². The molecule has 0 radical (unpaired) electrons. The summed E-state index contributed by atoms with van der Waals surface area (Å²) in [5.74, 6) is 1.57. The van der Waals surface area contributed by atoms with Crippen molar-refractivity contribution in [1.82, 2.24) is 15.3 Å². The van der Waals surface area contributed by atoms with Gasteiger partial charge in [0.2, 0.25) is 0 Å². The summed E-state index contributed by atoms with van der Waals surface area (Å²) < 4.78 is 0. The van der Waals surface area contributed by atoms with Crippen molar-refractivity contribution >= 4 is 0 Å². The molecule has 1 fully saturated rings. The molecule has 3 rings (SSSR count). The van der Waals surface area contributed by atoms with Gasteiger partial charge in [0.15, 0.2) is 0 Å². The molecule has 1 aromatic heterocycles. The van der Waals surface area contributed by atoms with E-state index >= 15 is 0 Å². The second-order valence-corrected chi connectivity index (χ2v) is 5.25. The van der Waals surface area contributed by atoms with E-state index in [2.05, 4.69) is 45.6 Å². The van der Waals surface area contributed by atoms with E-state index in [1.165, 1.54) is 18.4 Å². The van der Waals surface area contributed by atoms with Crippen LogP contribution < -0.4 is 5.32 Å². The summed E-state index contributed by atoms with van der Waals surface area (Å²) in [7, 11) is 0. The molecule has 0 saturated heterocycles. The van der Waals surface area contributed by atoms with E-state index in [-0.39, 0.29) is 0 Å². The topological polar surface area (TPSA) is 37.8 Å². The summed E-state index contributed by atoms with van der Waals surface area (Å²) >= 11 is 0. The molecular formula is C16H19N3. The van der Waals surface area contributed by atoms with Gasteiger partial charge in [-0.2, -0.15) is 0 Å². The minimum atomic E-state index is 0.625. The van der Waals surface area contributed by atoms with Gasteiger partial charge in [0.05, 0.1) is 5.69 Å². The lowest BCUT2D eigenvalue weighted by atomic mass is 9.76. The van der Waals surface area contributed by atoms with Crippen LogP contribution in [0.5, 0.6) is 0 Å². The molecule has 1 aliphatic carbocycles. The Kier molecular flexibility index (Phi) is 3.56. The summed E-state index contributed by atoms with van der Waals surface area (Å²) in [5.41, 5.74) is 2.55. The smallest absolute Gasteiger partial charge is 0.125 e. The summed E-state index contributed by atoms with van der Waals surface area (Å²) in [4.78, 5) is 8.52. The van der Waals surface area contributed by atoms with Gasteiger partial charge in [-0.3, -0.25) is 0 Å². The van der Waals surface area contributed by atoms with Crippen molar-refractivity contribution in [2.75, 3.05) is 0 Å². The molecule has 0 unspecified atom stereocenters. The molecule has 3 heteroatoms. The van der Waals surface area contributed by atoms with Gasteiger partial charge in [-0.25, -0.2) is 9.97 Å². The molecule has 0 spiro atoms. The monoisotopic (exact) mass is 253 g/mol. The first-order chi connectivity index (χ1) is 9.31. The van der Waals surface area contributed by atoms with Gasteiger partial charge >= 0.3 is 0 Å². The number of hydrogen-bond acceptors (Lipinski definition) is 3. The van der Waals surface area contributed by atoms with Crippen LogP contribution in [-0.2, 0) is 6.54 Å². The van der Waals surface area contributed by atoms with Crippen LogP contribution in [0.25, 0.3) is 0 Å². The first kappa shape index (κ1) is 12.3. The normalized spacial score (nSPS) is 21.9. The average molecular weight is 253 g/mol. The van der Waals surface area contributed by atoms with E-state index in [1.807, 2.05) is 19.2 Å². The minimum absolute atomic E-state index is 0.625. The van der Waals surface area contributed by atoms with Crippen molar-refractivity contribution in [3.05, 3.63) is 59.7 Å². The lowest BCUT2D eigenvalue weighted by Crippen LogP contribution is -2.39. The van der Waals surface area contributed by atoms with E-state index in [9.17, 15) is 0 Å². The first-order valence-corrected chi connectivity index (χ1v) is 6.88. The van der Waals surface area contributed by atoms with Gasteiger partial charge in [-0.05, 0) is 37.3 Å². The van der Waals surface area contributed by atoms with Crippen LogP contribution in [0.1, 0.15) is 35.8 Å². The van der Waals surface area contributed by atoms with E-state index in [1.54, 1.807) is 0 Å². The minimum Gasteiger partial charge on any atom is -0.308 e. The van der Waals surface area contributed by atoms with Gasteiger partial charge in [0.1, 0.15) is 5.82 Å².